The van der Waals surface area contributed by atoms with E-state index in [2.05, 4.69) is 0 Å². The minimum atomic E-state index is -4.36. The lowest BCUT2D eigenvalue weighted by molar-refractivity contribution is -0.148. The number of nitrogens with zero attached hydrogens (tertiary/aromatic N) is 1. The SMILES string of the molecule is Nc1ccc(O)c(CN(CCO)CC(F)(F)F)c1. The molecule has 0 amide bonds. The van der Waals surface area contributed by atoms with Gasteiger partial charge in [0.25, 0.3) is 0 Å². The molecule has 0 bridgehead atoms. The van der Waals surface area contributed by atoms with E-state index in [0.29, 0.717) is 11.3 Å². The average Bonchev–Trinajstić information content (AvgIpc) is 2.21. The summed E-state index contributed by atoms with van der Waals surface area (Å²) < 4.78 is 36.9. The maximum atomic E-state index is 12.3. The molecule has 0 aliphatic rings. The van der Waals surface area contributed by atoms with Gasteiger partial charge in [-0.1, -0.05) is 0 Å². The van der Waals surface area contributed by atoms with E-state index >= 15 is 0 Å². The molecule has 18 heavy (non-hydrogen) atoms. The van der Waals surface area contributed by atoms with Gasteiger partial charge in [-0.25, -0.2) is 0 Å². The predicted octanol–water partition coefficient (Wildman–Crippen LogP) is 1.33. The maximum Gasteiger partial charge on any atom is 0.401 e. The van der Waals surface area contributed by atoms with E-state index in [4.69, 9.17) is 10.8 Å². The summed E-state index contributed by atoms with van der Waals surface area (Å²) in [4.78, 5) is 0.995. The zero-order valence-corrected chi connectivity index (χ0v) is 9.61. The molecule has 102 valence electrons. The number of rotatable bonds is 5. The van der Waals surface area contributed by atoms with E-state index in [1.807, 2.05) is 0 Å². The van der Waals surface area contributed by atoms with Gasteiger partial charge in [0.15, 0.2) is 0 Å². The molecular formula is C11H15F3N2O2. The van der Waals surface area contributed by atoms with Gasteiger partial charge < -0.3 is 15.9 Å². The number of alkyl halides is 3. The van der Waals surface area contributed by atoms with Crippen LogP contribution in [0.15, 0.2) is 18.2 Å². The number of phenols is 1. The quantitative estimate of drug-likeness (QED) is 0.554. The second-order valence-electron chi connectivity index (χ2n) is 3.94. The van der Waals surface area contributed by atoms with E-state index in [9.17, 15) is 18.3 Å². The summed E-state index contributed by atoms with van der Waals surface area (Å²) in [5, 5.41) is 18.3. The van der Waals surface area contributed by atoms with Crippen LogP contribution in [0.2, 0.25) is 0 Å². The summed E-state index contributed by atoms with van der Waals surface area (Å²) in [7, 11) is 0. The Kier molecular flexibility index (Phi) is 4.80. The van der Waals surface area contributed by atoms with E-state index in [-0.39, 0.29) is 25.4 Å². The first-order valence-electron chi connectivity index (χ1n) is 5.29. The molecule has 0 heterocycles. The van der Waals surface area contributed by atoms with Crippen molar-refractivity contribution in [2.24, 2.45) is 0 Å². The molecule has 1 aromatic rings. The highest BCUT2D eigenvalue weighted by Gasteiger charge is 2.30. The van der Waals surface area contributed by atoms with Crippen molar-refractivity contribution < 1.29 is 23.4 Å². The lowest BCUT2D eigenvalue weighted by Crippen LogP contribution is -2.35. The van der Waals surface area contributed by atoms with E-state index in [0.717, 1.165) is 4.90 Å². The van der Waals surface area contributed by atoms with E-state index < -0.39 is 12.7 Å². The fraction of sp³-hybridized carbons (Fsp3) is 0.455. The number of nitrogens with two attached hydrogens (primary N) is 1. The smallest absolute Gasteiger partial charge is 0.401 e. The molecule has 0 fully saturated rings. The summed E-state index contributed by atoms with van der Waals surface area (Å²) in [5.41, 5.74) is 6.16. The van der Waals surface area contributed by atoms with Crippen molar-refractivity contribution in [3.63, 3.8) is 0 Å². The third-order valence-electron chi connectivity index (χ3n) is 2.32. The van der Waals surface area contributed by atoms with Gasteiger partial charge in [-0.2, -0.15) is 13.2 Å². The third kappa shape index (κ3) is 4.80. The summed E-state index contributed by atoms with van der Waals surface area (Å²) in [6.07, 6.45) is -4.36. The molecule has 7 heteroatoms. The summed E-state index contributed by atoms with van der Waals surface area (Å²) in [6.45, 7) is -1.80. The lowest BCUT2D eigenvalue weighted by atomic mass is 10.1. The number of halogens is 3. The van der Waals surface area contributed by atoms with Gasteiger partial charge in [0.2, 0.25) is 0 Å². The van der Waals surface area contributed by atoms with Gasteiger partial charge in [-0.05, 0) is 18.2 Å². The first-order valence-corrected chi connectivity index (χ1v) is 5.29. The molecule has 1 aromatic carbocycles. The Hall–Kier alpha value is -1.47. The summed E-state index contributed by atoms with van der Waals surface area (Å²) in [6, 6.07) is 4.20. The molecule has 0 aliphatic heterocycles. The maximum absolute atomic E-state index is 12.3. The molecule has 0 atom stereocenters. The van der Waals surface area contributed by atoms with Crippen LogP contribution in [-0.2, 0) is 6.54 Å². The third-order valence-corrected chi connectivity index (χ3v) is 2.32. The van der Waals surface area contributed by atoms with Crippen molar-refractivity contribution in [3.05, 3.63) is 23.8 Å². The molecule has 1 rings (SSSR count). The molecule has 0 aliphatic carbocycles. The average molecular weight is 264 g/mol. The highest BCUT2D eigenvalue weighted by atomic mass is 19.4. The lowest BCUT2D eigenvalue weighted by Gasteiger charge is -2.23. The fourth-order valence-corrected chi connectivity index (χ4v) is 1.58. The Balaban J connectivity index is 2.79. The molecule has 4 N–H and O–H groups in total. The number of aliphatic hydroxyl groups excluding tert-OH is 1. The van der Waals surface area contributed by atoms with Gasteiger partial charge in [0.1, 0.15) is 5.75 Å². The summed E-state index contributed by atoms with van der Waals surface area (Å²) in [5.74, 6) is -0.116. The van der Waals surface area contributed by atoms with Crippen LogP contribution in [0.1, 0.15) is 5.56 Å². The number of benzene rings is 1. The van der Waals surface area contributed by atoms with Crippen LogP contribution in [0.3, 0.4) is 0 Å². The van der Waals surface area contributed by atoms with Crippen LogP contribution >= 0.6 is 0 Å². The van der Waals surface area contributed by atoms with Crippen LogP contribution in [0.4, 0.5) is 18.9 Å². The van der Waals surface area contributed by atoms with Crippen LogP contribution in [0.5, 0.6) is 5.75 Å². The Morgan fingerprint density at radius 2 is 1.94 bits per heavy atom. The molecule has 0 aromatic heterocycles. The second-order valence-corrected chi connectivity index (χ2v) is 3.94. The van der Waals surface area contributed by atoms with Crippen molar-refractivity contribution in [2.45, 2.75) is 12.7 Å². The Morgan fingerprint density at radius 3 is 2.50 bits per heavy atom. The van der Waals surface area contributed by atoms with Gasteiger partial charge in [0.05, 0.1) is 13.2 Å². The molecule has 0 radical (unpaired) electrons. The topological polar surface area (TPSA) is 69.7 Å². The van der Waals surface area contributed by atoms with Crippen molar-refractivity contribution >= 4 is 5.69 Å². The number of hydrogen-bond acceptors (Lipinski definition) is 4. The Labute approximate surface area is 102 Å². The zero-order valence-electron chi connectivity index (χ0n) is 9.61. The highest BCUT2D eigenvalue weighted by Crippen LogP contribution is 2.23. The van der Waals surface area contributed by atoms with Crippen molar-refractivity contribution in [3.8, 4) is 5.75 Å². The number of phenolic OH excluding ortho intramolecular Hbond substituents is 1. The molecule has 0 spiro atoms. The second kappa shape index (κ2) is 5.92. The number of nitrogen functional groups attached to an aromatic ring is 1. The van der Waals surface area contributed by atoms with Crippen LogP contribution in [0, 0.1) is 0 Å². The first-order chi connectivity index (χ1) is 8.31. The first kappa shape index (κ1) is 14.6. The number of aromatic hydroxyl groups is 1. The molecular weight excluding hydrogens is 249 g/mol. The van der Waals surface area contributed by atoms with Crippen molar-refractivity contribution in [2.75, 3.05) is 25.4 Å². The number of anilines is 1. The van der Waals surface area contributed by atoms with Crippen LogP contribution in [-0.4, -0.2) is 41.0 Å². The molecule has 4 nitrogen and oxygen atoms in total. The zero-order chi connectivity index (χ0) is 13.8. The standard InChI is InChI=1S/C11H15F3N2O2/c12-11(13,14)7-16(3-4-17)6-8-5-9(15)1-2-10(8)18/h1-2,5,17-18H,3-4,6-7,15H2. The Morgan fingerprint density at radius 1 is 1.28 bits per heavy atom. The predicted molar refractivity (Wildman–Crippen MR) is 60.9 cm³/mol. The van der Waals surface area contributed by atoms with Gasteiger partial charge >= 0.3 is 6.18 Å². The van der Waals surface area contributed by atoms with Crippen molar-refractivity contribution in [1.82, 2.24) is 4.90 Å². The minimum Gasteiger partial charge on any atom is -0.508 e. The largest absolute Gasteiger partial charge is 0.508 e. The molecule has 0 unspecified atom stereocenters. The normalized spacial score (nSPS) is 12.1. The van der Waals surface area contributed by atoms with E-state index in [1.165, 1.54) is 18.2 Å². The van der Waals surface area contributed by atoms with Crippen LogP contribution < -0.4 is 5.73 Å². The van der Waals surface area contributed by atoms with Crippen molar-refractivity contribution in [1.29, 1.82) is 0 Å². The van der Waals surface area contributed by atoms with Gasteiger partial charge in [-0.15, -0.1) is 0 Å². The number of aliphatic hydroxyl groups is 1. The van der Waals surface area contributed by atoms with E-state index in [1.54, 1.807) is 0 Å². The monoisotopic (exact) mass is 264 g/mol. The van der Waals surface area contributed by atoms with Gasteiger partial charge in [-0.3, -0.25) is 4.90 Å². The van der Waals surface area contributed by atoms with Crippen LogP contribution in [0.25, 0.3) is 0 Å². The summed E-state index contributed by atoms with van der Waals surface area (Å²) >= 11 is 0. The van der Waals surface area contributed by atoms with Gasteiger partial charge in [0, 0.05) is 24.3 Å². The number of hydrogen-bond donors (Lipinski definition) is 3. The highest BCUT2D eigenvalue weighted by molar-refractivity contribution is 5.47. The fourth-order valence-electron chi connectivity index (χ4n) is 1.58. The Bertz CT molecular complexity index is 396. The molecule has 0 saturated heterocycles. The molecule has 0 saturated carbocycles. The minimum absolute atomic E-state index is 0.116.